The standard InChI is InChI=1S/C11H12BrNO3/c12-10-2-1-8(7-9(10)11(14)15)13-3-5-16-6-4-13/h1-2,7H,3-6H2,(H,14,15). The van der Waals surface area contributed by atoms with Crippen molar-refractivity contribution in [3.8, 4) is 0 Å². The van der Waals surface area contributed by atoms with Gasteiger partial charge in [0.2, 0.25) is 0 Å². The smallest absolute Gasteiger partial charge is 0.336 e. The lowest BCUT2D eigenvalue weighted by Crippen LogP contribution is -2.36. The van der Waals surface area contributed by atoms with Crippen LogP contribution in [0.2, 0.25) is 0 Å². The first-order chi connectivity index (χ1) is 7.68. The summed E-state index contributed by atoms with van der Waals surface area (Å²) in [4.78, 5) is 13.1. The van der Waals surface area contributed by atoms with Crippen molar-refractivity contribution >= 4 is 27.6 Å². The molecule has 1 aliphatic rings. The van der Waals surface area contributed by atoms with Crippen LogP contribution in [-0.2, 0) is 4.74 Å². The maximum absolute atomic E-state index is 11.0. The number of hydrogen-bond donors (Lipinski definition) is 1. The molecular formula is C11H12BrNO3. The van der Waals surface area contributed by atoms with Crippen molar-refractivity contribution in [3.63, 3.8) is 0 Å². The van der Waals surface area contributed by atoms with Gasteiger partial charge in [0.25, 0.3) is 0 Å². The maximum atomic E-state index is 11.0. The SMILES string of the molecule is O=C(O)c1cc(N2CCOCC2)ccc1Br. The minimum atomic E-state index is -0.915. The van der Waals surface area contributed by atoms with Crippen LogP contribution in [0.15, 0.2) is 22.7 Å². The molecule has 0 aromatic heterocycles. The van der Waals surface area contributed by atoms with Crippen LogP contribution >= 0.6 is 15.9 Å². The Morgan fingerprint density at radius 2 is 2.06 bits per heavy atom. The summed E-state index contributed by atoms with van der Waals surface area (Å²) in [6.45, 7) is 3.00. The van der Waals surface area contributed by atoms with E-state index in [1.165, 1.54) is 0 Å². The van der Waals surface area contributed by atoms with Gasteiger partial charge >= 0.3 is 5.97 Å². The summed E-state index contributed by atoms with van der Waals surface area (Å²) in [6, 6.07) is 5.38. The van der Waals surface area contributed by atoms with Crippen LogP contribution in [0.3, 0.4) is 0 Å². The molecule has 4 nitrogen and oxygen atoms in total. The van der Waals surface area contributed by atoms with Gasteiger partial charge in [-0.05, 0) is 34.1 Å². The highest BCUT2D eigenvalue weighted by molar-refractivity contribution is 9.10. The number of carboxylic acid groups (broad SMARTS) is 1. The lowest BCUT2D eigenvalue weighted by atomic mass is 10.2. The number of morpholine rings is 1. The highest BCUT2D eigenvalue weighted by atomic mass is 79.9. The van der Waals surface area contributed by atoms with Crippen LogP contribution in [0.4, 0.5) is 5.69 Å². The molecule has 0 amide bonds. The quantitative estimate of drug-likeness (QED) is 0.903. The van der Waals surface area contributed by atoms with Crippen LogP contribution < -0.4 is 4.90 Å². The fraction of sp³-hybridized carbons (Fsp3) is 0.364. The zero-order valence-electron chi connectivity index (χ0n) is 8.65. The summed E-state index contributed by atoms with van der Waals surface area (Å²) in [5, 5.41) is 9.02. The third-order valence-electron chi connectivity index (χ3n) is 2.56. The van der Waals surface area contributed by atoms with Gasteiger partial charge in [0.15, 0.2) is 0 Å². The molecule has 0 aliphatic carbocycles. The fourth-order valence-electron chi connectivity index (χ4n) is 1.70. The minimum absolute atomic E-state index is 0.295. The molecule has 1 aliphatic heterocycles. The fourth-order valence-corrected chi connectivity index (χ4v) is 2.11. The molecule has 1 aromatic rings. The zero-order chi connectivity index (χ0) is 11.5. The minimum Gasteiger partial charge on any atom is -0.478 e. The van der Waals surface area contributed by atoms with Crippen molar-refractivity contribution in [2.24, 2.45) is 0 Å². The Labute approximate surface area is 102 Å². The Morgan fingerprint density at radius 3 is 2.69 bits per heavy atom. The topological polar surface area (TPSA) is 49.8 Å². The van der Waals surface area contributed by atoms with Gasteiger partial charge in [0.05, 0.1) is 18.8 Å². The molecule has 1 aromatic carbocycles. The van der Waals surface area contributed by atoms with E-state index >= 15 is 0 Å². The van der Waals surface area contributed by atoms with E-state index < -0.39 is 5.97 Å². The van der Waals surface area contributed by atoms with Crippen molar-refractivity contribution in [2.75, 3.05) is 31.2 Å². The lowest BCUT2D eigenvalue weighted by Gasteiger charge is -2.29. The molecule has 0 atom stereocenters. The Kier molecular flexibility index (Phi) is 3.46. The lowest BCUT2D eigenvalue weighted by molar-refractivity contribution is 0.0696. The molecule has 0 saturated carbocycles. The first-order valence-corrected chi connectivity index (χ1v) is 5.83. The summed E-state index contributed by atoms with van der Waals surface area (Å²) in [5.74, 6) is -0.915. The molecule has 2 rings (SSSR count). The Bertz CT molecular complexity index is 402. The van der Waals surface area contributed by atoms with E-state index in [-0.39, 0.29) is 0 Å². The summed E-state index contributed by atoms with van der Waals surface area (Å²) in [6.07, 6.45) is 0. The van der Waals surface area contributed by atoms with Crippen LogP contribution in [0.5, 0.6) is 0 Å². The maximum Gasteiger partial charge on any atom is 0.336 e. The summed E-state index contributed by atoms with van der Waals surface area (Å²) in [7, 11) is 0. The van der Waals surface area contributed by atoms with Gasteiger partial charge in [-0.3, -0.25) is 0 Å². The van der Waals surface area contributed by atoms with Gasteiger partial charge in [-0.1, -0.05) is 0 Å². The van der Waals surface area contributed by atoms with Gasteiger partial charge < -0.3 is 14.7 Å². The van der Waals surface area contributed by atoms with Gasteiger partial charge in [-0.15, -0.1) is 0 Å². The summed E-state index contributed by atoms with van der Waals surface area (Å²) >= 11 is 3.23. The van der Waals surface area contributed by atoms with Gasteiger partial charge in [-0.2, -0.15) is 0 Å². The molecule has 0 unspecified atom stereocenters. The van der Waals surface area contributed by atoms with Gasteiger partial charge in [0.1, 0.15) is 0 Å². The molecule has 0 spiro atoms. The molecule has 16 heavy (non-hydrogen) atoms. The van der Waals surface area contributed by atoms with E-state index in [9.17, 15) is 4.79 Å². The monoisotopic (exact) mass is 285 g/mol. The number of aromatic carboxylic acids is 1. The van der Waals surface area contributed by atoms with Crippen molar-refractivity contribution in [1.29, 1.82) is 0 Å². The normalized spacial score (nSPS) is 16.2. The number of carboxylic acids is 1. The third-order valence-corrected chi connectivity index (χ3v) is 3.25. The molecule has 1 N–H and O–H groups in total. The first-order valence-electron chi connectivity index (χ1n) is 5.04. The largest absolute Gasteiger partial charge is 0.478 e. The molecule has 1 saturated heterocycles. The number of hydrogen-bond acceptors (Lipinski definition) is 3. The Hall–Kier alpha value is -1.07. The predicted molar refractivity (Wildman–Crippen MR) is 64.1 cm³/mol. The van der Waals surface area contributed by atoms with Gasteiger partial charge in [0, 0.05) is 23.2 Å². The molecule has 5 heteroatoms. The predicted octanol–water partition coefficient (Wildman–Crippen LogP) is 1.98. The number of halogens is 1. The molecule has 86 valence electrons. The Balaban J connectivity index is 2.27. The number of rotatable bonds is 2. The van der Waals surface area contributed by atoms with Gasteiger partial charge in [-0.25, -0.2) is 4.79 Å². The van der Waals surface area contributed by atoms with E-state index in [1.807, 2.05) is 6.07 Å². The molecule has 1 fully saturated rings. The van der Waals surface area contributed by atoms with Crippen LogP contribution in [0.1, 0.15) is 10.4 Å². The molecule has 0 bridgehead atoms. The second-order valence-electron chi connectivity index (χ2n) is 3.57. The second kappa shape index (κ2) is 4.84. The second-order valence-corrected chi connectivity index (χ2v) is 4.42. The van der Waals surface area contributed by atoms with E-state index in [0.29, 0.717) is 23.2 Å². The van der Waals surface area contributed by atoms with E-state index in [4.69, 9.17) is 9.84 Å². The Morgan fingerprint density at radius 1 is 1.38 bits per heavy atom. The van der Waals surface area contributed by atoms with Crippen LogP contribution in [-0.4, -0.2) is 37.4 Å². The van der Waals surface area contributed by atoms with Crippen molar-refractivity contribution in [1.82, 2.24) is 0 Å². The third kappa shape index (κ3) is 2.36. The van der Waals surface area contributed by atoms with Crippen LogP contribution in [0, 0.1) is 0 Å². The first kappa shape index (κ1) is 11.4. The zero-order valence-corrected chi connectivity index (χ0v) is 10.2. The number of benzene rings is 1. The van der Waals surface area contributed by atoms with E-state index in [2.05, 4.69) is 20.8 Å². The average Bonchev–Trinajstić information content (AvgIpc) is 2.30. The molecular weight excluding hydrogens is 274 g/mol. The average molecular weight is 286 g/mol. The van der Waals surface area contributed by atoms with Crippen molar-refractivity contribution in [3.05, 3.63) is 28.2 Å². The highest BCUT2D eigenvalue weighted by Gasteiger charge is 2.14. The highest BCUT2D eigenvalue weighted by Crippen LogP contribution is 2.24. The van der Waals surface area contributed by atoms with E-state index in [1.54, 1.807) is 12.1 Å². The summed E-state index contributed by atoms with van der Waals surface area (Å²) < 4.78 is 5.86. The van der Waals surface area contributed by atoms with Crippen molar-refractivity contribution in [2.45, 2.75) is 0 Å². The number of nitrogens with zero attached hydrogens (tertiary/aromatic N) is 1. The molecule has 1 heterocycles. The number of ether oxygens (including phenoxy) is 1. The number of anilines is 1. The summed E-state index contributed by atoms with van der Waals surface area (Å²) in [5.41, 5.74) is 1.23. The van der Waals surface area contributed by atoms with E-state index in [0.717, 1.165) is 18.8 Å². The molecule has 0 radical (unpaired) electrons. The van der Waals surface area contributed by atoms with Crippen LogP contribution in [0.25, 0.3) is 0 Å². The number of carbonyl (C=O) groups is 1. The van der Waals surface area contributed by atoms with Crippen molar-refractivity contribution < 1.29 is 14.6 Å².